The Morgan fingerprint density at radius 2 is 2.07 bits per heavy atom. The molecule has 0 saturated carbocycles. The van der Waals surface area contributed by atoms with Gasteiger partial charge in [-0.3, -0.25) is 4.79 Å². The first-order valence-electron chi connectivity index (χ1n) is 3.88. The quantitative estimate of drug-likeness (QED) is 0.419. The first-order valence-corrected chi connectivity index (χ1v) is 3.88. The lowest BCUT2D eigenvalue weighted by atomic mass is 10.3. The van der Waals surface area contributed by atoms with Crippen LogP contribution in [0.2, 0.25) is 0 Å². The van der Waals surface area contributed by atoms with Gasteiger partial charge in [-0.15, -0.1) is 0 Å². The van der Waals surface area contributed by atoms with Crippen LogP contribution in [-0.4, -0.2) is 45.4 Å². The van der Waals surface area contributed by atoms with Gasteiger partial charge in [0.25, 0.3) is 0 Å². The SMILES string of the molecule is CC(O)C1(O)OC(=O)CC(O)C(=O)O1. The standard InChI is InChI=1S/C7H10O7/c1-3(8)7(12)13-5(10)2-4(9)6(11)14-7/h3-4,8-9,12H,2H2,1H3. The fourth-order valence-electron chi connectivity index (χ4n) is 0.850. The number of esters is 2. The summed E-state index contributed by atoms with van der Waals surface area (Å²) in [6.07, 6.45) is -3.91. The van der Waals surface area contributed by atoms with E-state index in [4.69, 9.17) is 10.2 Å². The zero-order valence-corrected chi connectivity index (χ0v) is 7.34. The molecule has 0 radical (unpaired) electrons. The average Bonchev–Trinajstić information content (AvgIpc) is 2.10. The van der Waals surface area contributed by atoms with Crippen molar-refractivity contribution in [2.24, 2.45) is 0 Å². The zero-order chi connectivity index (χ0) is 10.9. The van der Waals surface area contributed by atoms with Crippen molar-refractivity contribution >= 4 is 11.9 Å². The molecule has 0 spiro atoms. The van der Waals surface area contributed by atoms with Crippen LogP contribution in [0.4, 0.5) is 0 Å². The summed E-state index contributed by atoms with van der Waals surface area (Å²) in [5.41, 5.74) is 0. The Kier molecular flexibility index (Phi) is 2.74. The normalized spacial score (nSPS) is 35.6. The highest BCUT2D eigenvalue weighted by atomic mass is 16.9. The van der Waals surface area contributed by atoms with Crippen LogP contribution < -0.4 is 0 Å². The predicted molar refractivity (Wildman–Crippen MR) is 39.4 cm³/mol. The maximum Gasteiger partial charge on any atom is 0.400 e. The van der Waals surface area contributed by atoms with Gasteiger partial charge in [-0.25, -0.2) is 4.79 Å². The molecule has 0 amide bonds. The molecule has 0 aromatic carbocycles. The Morgan fingerprint density at radius 1 is 1.50 bits per heavy atom. The van der Waals surface area contributed by atoms with Gasteiger partial charge >= 0.3 is 17.9 Å². The second-order valence-electron chi connectivity index (χ2n) is 2.92. The monoisotopic (exact) mass is 206 g/mol. The van der Waals surface area contributed by atoms with Gasteiger partial charge in [-0.05, 0) is 6.92 Å². The highest BCUT2D eigenvalue weighted by molar-refractivity contribution is 5.83. The first-order chi connectivity index (χ1) is 6.35. The van der Waals surface area contributed by atoms with Crippen LogP contribution in [0.15, 0.2) is 0 Å². The molecular weight excluding hydrogens is 196 g/mol. The summed E-state index contributed by atoms with van der Waals surface area (Å²) in [4.78, 5) is 21.8. The third kappa shape index (κ3) is 2.00. The van der Waals surface area contributed by atoms with E-state index in [1.165, 1.54) is 0 Å². The molecule has 7 heteroatoms. The second-order valence-corrected chi connectivity index (χ2v) is 2.92. The highest BCUT2D eigenvalue weighted by Crippen LogP contribution is 2.21. The molecule has 1 fully saturated rings. The zero-order valence-electron chi connectivity index (χ0n) is 7.34. The molecule has 1 heterocycles. The lowest BCUT2D eigenvalue weighted by Crippen LogP contribution is -2.47. The van der Waals surface area contributed by atoms with Crippen molar-refractivity contribution in [2.75, 3.05) is 0 Å². The molecule has 0 aromatic rings. The van der Waals surface area contributed by atoms with Crippen LogP contribution in [0.25, 0.3) is 0 Å². The molecular formula is C7H10O7. The largest absolute Gasteiger partial charge is 0.400 e. The predicted octanol–water partition coefficient (Wildman–Crippen LogP) is -2.14. The van der Waals surface area contributed by atoms with Gasteiger partial charge in [0.2, 0.25) is 0 Å². The molecule has 3 N–H and O–H groups in total. The van der Waals surface area contributed by atoms with E-state index in [2.05, 4.69) is 9.47 Å². The topological polar surface area (TPSA) is 113 Å². The average molecular weight is 206 g/mol. The van der Waals surface area contributed by atoms with Crippen LogP contribution in [0.3, 0.4) is 0 Å². The summed E-state index contributed by atoms with van der Waals surface area (Å²) >= 11 is 0. The number of rotatable bonds is 1. The van der Waals surface area contributed by atoms with Gasteiger partial charge in [0, 0.05) is 0 Å². The van der Waals surface area contributed by atoms with Crippen molar-refractivity contribution in [1.29, 1.82) is 0 Å². The van der Waals surface area contributed by atoms with Crippen molar-refractivity contribution in [3.8, 4) is 0 Å². The van der Waals surface area contributed by atoms with E-state index >= 15 is 0 Å². The van der Waals surface area contributed by atoms with E-state index in [-0.39, 0.29) is 0 Å². The Hall–Kier alpha value is -1.18. The highest BCUT2D eigenvalue weighted by Gasteiger charge is 2.46. The number of ether oxygens (including phenoxy) is 2. The van der Waals surface area contributed by atoms with E-state index < -0.39 is 36.5 Å². The molecule has 1 aliphatic heterocycles. The molecule has 0 aliphatic carbocycles. The molecule has 0 bridgehead atoms. The van der Waals surface area contributed by atoms with Gasteiger partial charge in [-0.2, -0.15) is 0 Å². The molecule has 0 aromatic heterocycles. The number of aliphatic hydroxyl groups excluding tert-OH is 2. The van der Waals surface area contributed by atoms with Crippen molar-refractivity contribution in [3.05, 3.63) is 0 Å². The molecule has 3 unspecified atom stereocenters. The molecule has 3 atom stereocenters. The summed E-state index contributed by atoms with van der Waals surface area (Å²) in [7, 11) is 0. The Bertz CT molecular complexity index is 261. The fraction of sp³-hybridized carbons (Fsp3) is 0.714. The Labute approximate surface area is 78.9 Å². The van der Waals surface area contributed by atoms with E-state index in [9.17, 15) is 14.7 Å². The fourth-order valence-corrected chi connectivity index (χ4v) is 0.850. The van der Waals surface area contributed by atoms with Gasteiger partial charge in [0.15, 0.2) is 12.2 Å². The third-order valence-corrected chi connectivity index (χ3v) is 1.67. The number of carbonyl (C=O) groups is 2. The minimum absolute atomic E-state index is 0.617. The number of cyclic esters (lactones) is 2. The van der Waals surface area contributed by atoms with Crippen molar-refractivity contribution in [1.82, 2.24) is 0 Å². The van der Waals surface area contributed by atoms with Crippen molar-refractivity contribution in [2.45, 2.75) is 31.5 Å². The van der Waals surface area contributed by atoms with Crippen LogP contribution in [0.5, 0.6) is 0 Å². The second kappa shape index (κ2) is 3.52. The summed E-state index contributed by atoms with van der Waals surface area (Å²) in [6, 6.07) is 0. The molecule has 1 rings (SSSR count). The minimum Gasteiger partial charge on any atom is -0.396 e. The summed E-state index contributed by atoms with van der Waals surface area (Å²) in [6.45, 7) is 1.07. The first kappa shape index (κ1) is 10.9. The molecule has 1 aliphatic rings. The minimum atomic E-state index is -2.72. The van der Waals surface area contributed by atoms with Gasteiger partial charge in [0.05, 0.1) is 6.42 Å². The maximum absolute atomic E-state index is 10.9. The molecule has 7 nitrogen and oxygen atoms in total. The Balaban J connectivity index is 2.90. The molecule has 1 saturated heterocycles. The summed E-state index contributed by atoms with van der Waals surface area (Å²) in [5.74, 6) is -4.97. The van der Waals surface area contributed by atoms with Gasteiger partial charge in [-0.1, -0.05) is 0 Å². The summed E-state index contributed by atoms with van der Waals surface area (Å²) in [5, 5.41) is 27.3. The van der Waals surface area contributed by atoms with Crippen LogP contribution >= 0.6 is 0 Å². The van der Waals surface area contributed by atoms with E-state index in [0.29, 0.717) is 0 Å². The van der Waals surface area contributed by atoms with Crippen molar-refractivity contribution < 1.29 is 34.4 Å². The lowest BCUT2D eigenvalue weighted by molar-refractivity contribution is -0.354. The Morgan fingerprint density at radius 3 is 2.57 bits per heavy atom. The van der Waals surface area contributed by atoms with Crippen LogP contribution in [0, 0.1) is 0 Å². The third-order valence-electron chi connectivity index (χ3n) is 1.67. The van der Waals surface area contributed by atoms with Crippen molar-refractivity contribution in [3.63, 3.8) is 0 Å². The van der Waals surface area contributed by atoms with Crippen LogP contribution in [0.1, 0.15) is 13.3 Å². The lowest BCUT2D eigenvalue weighted by Gasteiger charge is -2.26. The molecule has 14 heavy (non-hydrogen) atoms. The number of aliphatic hydroxyl groups is 3. The van der Waals surface area contributed by atoms with Gasteiger partial charge < -0.3 is 24.8 Å². The van der Waals surface area contributed by atoms with Gasteiger partial charge in [0.1, 0.15) is 0 Å². The van der Waals surface area contributed by atoms with Crippen LogP contribution in [-0.2, 0) is 19.1 Å². The number of carbonyl (C=O) groups excluding carboxylic acids is 2. The molecule has 80 valence electrons. The smallest absolute Gasteiger partial charge is 0.396 e. The van der Waals surface area contributed by atoms with E-state index in [1.54, 1.807) is 0 Å². The maximum atomic E-state index is 10.9. The van der Waals surface area contributed by atoms with E-state index in [0.717, 1.165) is 6.92 Å². The number of hydrogen-bond donors (Lipinski definition) is 3. The number of hydrogen-bond acceptors (Lipinski definition) is 7. The van der Waals surface area contributed by atoms with E-state index in [1.807, 2.05) is 0 Å². The summed E-state index contributed by atoms with van der Waals surface area (Å²) < 4.78 is 8.48.